The molecule has 1 atom stereocenters. The van der Waals surface area contributed by atoms with E-state index >= 15 is 0 Å². The standard InChI is InChI=1S/C27H28N2O6S/c1-6-34-26(32)23-16(4)28-27-29(24(23)18-9-7-8-10-20(18)35-15(2)3)25(31)22(36-27)14-17-11-12-21(33-5)19(30)13-17/h7-15,24,30H,6H2,1-5H3/b22-14-/t24-/m0/s1. The van der Waals surface area contributed by atoms with E-state index in [0.29, 0.717) is 37.7 Å². The number of hydrogen-bond donors (Lipinski definition) is 1. The first-order valence-electron chi connectivity index (χ1n) is 11.6. The predicted molar refractivity (Wildman–Crippen MR) is 137 cm³/mol. The number of aromatic nitrogens is 1. The zero-order valence-corrected chi connectivity index (χ0v) is 21.6. The number of ether oxygens (including phenoxy) is 3. The fourth-order valence-corrected chi connectivity index (χ4v) is 5.15. The number of thiazole rings is 1. The van der Waals surface area contributed by atoms with E-state index in [1.54, 1.807) is 32.1 Å². The van der Waals surface area contributed by atoms with Gasteiger partial charge in [-0.25, -0.2) is 9.79 Å². The van der Waals surface area contributed by atoms with Gasteiger partial charge in [0, 0.05) is 5.56 Å². The maximum atomic E-state index is 13.8. The molecule has 1 aromatic heterocycles. The molecule has 0 unspecified atom stereocenters. The number of carbonyl (C=O) groups excluding carboxylic acids is 1. The third kappa shape index (κ3) is 4.79. The lowest BCUT2D eigenvalue weighted by Crippen LogP contribution is -2.40. The van der Waals surface area contributed by atoms with E-state index in [1.165, 1.54) is 29.1 Å². The zero-order valence-electron chi connectivity index (χ0n) is 20.8. The van der Waals surface area contributed by atoms with Crippen molar-refractivity contribution in [3.05, 3.63) is 84.5 Å². The van der Waals surface area contributed by atoms with Gasteiger partial charge in [0.1, 0.15) is 11.8 Å². The first-order chi connectivity index (χ1) is 17.2. The zero-order chi connectivity index (χ0) is 26.0. The number of phenols is 1. The molecule has 4 rings (SSSR count). The molecule has 0 radical (unpaired) electrons. The third-order valence-corrected chi connectivity index (χ3v) is 6.58. The van der Waals surface area contributed by atoms with Gasteiger partial charge in [-0.1, -0.05) is 35.6 Å². The van der Waals surface area contributed by atoms with Crippen molar-refractivity contribution >= 4 is 23.4 Å². The lowest BCUT2D eigenvalue weighted by molar-refractivity contribution is -0.139. The van der Waals surface area contributed by atoms with Crippen LogP contribution in [0.3, 0.4) is 0 Å². The van der Waals surface area contributed by atoms with Crippen LogP contribution in [-0.4, -0.2) is 35.5 Å². The SMILES string of the molecule is CCOC(=O)C1=C(C)N=c2s/c(=C\c3ccc(OC)c(O)c3)c(=O)n2[C@H]1c1ccccc1OC(C)C. The Balaban J connectivity index is 1.96. The van der Waals surface area contributed by atoms with Crippen LogP contribution in [0.25, 0.3) is 6.08 Å². The summed E-state index contributed by atoms with van der Waals surface area (Å²) in [6.07, 6.45) is 1.57. The summed E-state index contributed by atoms with van der Waals surface area (Å²) in [6.45, 7) is 7.50. The number of carbonyl (C=O) groups is 1. The van der Waals surface area contributed by atoms with Gasteiger partial charge >= 0.3 is 5.97 Å². The Labute approximate surface area is 212 Å². The highest BCUT2D eigenvalue weighted by molar-refractivity contribution is 7.07. The van der Waals surface area contributed by atoms with Crippen LogP contribution in [0.15, 0.2) is 63.5 Å². The van der Waals surface area contributed by atoms with Crippen molar-refractivity contribution in [1.82, 2.24) is 4.57 Å². The van der Waals surface area contributed by atoms with Gasteiger partial charge in [-0.2, -0.15) is 0 Å². The molecule has 2 heterocycles. The van der Waals surface area contributed by atoms with E-state index in [0.717, 1.165) is 0 Å². The Hall–Kier alpha value is -3.85. The van der Waals surface area contributed by atoms with Gasteiger partial charge in [-0.3, -0.25) is 9.36 Å². The third-order valence-electron chi connectivity index (χ3n) is 5.59. The monoisotopic (exact) mass is 508 g/mol. The Morgan fingerprint density at radius 3 is 2.64 bits per heavy atom. The van der Waals surface area contributed by atoms with Gasteiger partial charge in [0.05, 0.1) is 35.6 Å². The summed E-state index contributed by atoms with van der Waals surface area (Å²) < 4.78 is 18.4. The summed E-state index contributed by atoms with van der Waals surface area (Å²) in [4.78, 5) is 31.9. The number of benzene rings is 2. The minimum absolute atomic E-state index is 0.0305. The molecule has 8 nitrogen and oxygen atoms in total. The quantitative estimate of drug-likeness (QED) is 0.492. The molecule has 0 aliphatic carbocycles. The van der Waals surface area contributed by atoms with Crippen LogP contribution in [0.1, 0.15) is 44.9 Å². The normalized spacial score (nSPS) is 15.5. The van der Waals surface area contributed by atoms with Gasteiger partial charge < -0.3 is 19.3 Å². The highest BCUT2D eigenvalue weighted by Crippen LogP contribution is 2.36. The topological polar surface area (TPSA) is 99.4 Å². The summed E-state index contributed by atoms with van der Waals surface area (Å²) in [7, 11) is 1.47. The number of methoxy groups -OCH3 is 1. The number of hydrogen-bond acceptors (Lipinski definition) is 8. The minimum Gasteiger partial charge on any atom is -0.504 e. The average Bonchev–Trinajstić information content (AvgIpc) is 3.13. The van der Waals surface area contributed by atoms with Crippen LogP contribution in [-0.2, 0) is 9.53 Å². The second kappa shape index (κ2) is 10.4. The van der Waals surface area contributed by atoms with Crippen molar-refractivity contribution in [3.63, 3.8) is 0 Å². The maximum absolute atomic E-state index is 13.8. The van der Waals surface area contributed by atoms with Crippen LogP contribution in [0.5, 0.6) is 17.2 Å². The number of esters is 1. The van der Waals surface area contributed by atoms with Crippen LogP contribution in [0.4, 0.5) is 0 Å². The number of nitrogens with zero attached hydrogens (tertiary/aromatic N) is 2. The minimum atomic E-state index is -0.776. The van der Waals surface area contributed by atoms with Gasteiger partial charge in [0.2, 0.25) is 0 Å². The molecule has 0 saturated heterocycles. The van der Waals surface area contributed by atoms with Gasteiger partial charge in [-0.05, 0) is 57.5 Å². The van der Waals surface area contributed by atoms with Crippen molar-refractivity contribution < 1.29 is 24.1 Å². The van der Waals surface area contributed by atoms with Gasteiger partial charge in [-0.15, -0.1) is 0 Å². The smallest absolute Gasteiger partial charge is 0.338 e. The molecule has 1 N–H and O–H groups in total. The van der Waals surface area contributed by atoms with Crippen molar-refractivity contribution in [3.8, 4) is 17.2 Å². The summed E-state index contributed by atoms with van der Waals surface area (Å²) in [5, 5.41) is 10.2. The second-order valence-corrected chi connectivity index (χ2v) is 9.45. The Bertz CT molecular complexity index is 1520. The number of rotatable bonds is 7. The predicted octanol–water partition coefficient (Wildman–Crippen LogP) is 3.30. The van der Waals surface area contributed by atoms with Crippen LogP contribution < -0.4 is 24.4 Å². The molecule has 0 bridgehead atoms. The van der Waals surface area contributed by atoms with Crippen LogP contribution in [0, 0.1) is 0 Å². The fourth-order valence-electron chi connectivity index (χ4n) is 4.10. The molecule has 0 amide bonds. The average molecular weight is 509 g/mol. The van der Waals surface area contributed by atoms with Gasteiger partial charge in [0.15, 0.2) is 16.3 Å². The summed E-state index contributed by atoms with van der Waals surface area (Å²) in [5.74, 6) is 0.350. The molecule has 2 aromatic carbocycles. The Morgan fingerprint density at radius 2 is 1.97 bits per heavy atom. The second-order valence-electron chi connectivity index (χ2n) is 8.44. The van der Waals surface area contributed by atoms with E-state index in [4.69, 9.17) is 14.2 Å². The molecular weight excluding hydrogens is 480 g/mol. The summed E-state index contributed by atoms with van der Waals surface area (Å²) in [6, 6.07) is 11.5. The largest absolute Gasteiger partial charge is 0.504 e. The molecule has 188 valence electrons. The van der Waals surface area contributed by atoms with Crippen molar-refractivity contribution in [1.29, 1.82) is 0 Å². The Kier molecular flexibility index (Phi) is 7.30. The van der Waals surface area contributed by atoms with E-state index in [2.05, 4.69) is 4.99 Å². The van der Waals surface area contributed by atoms with Gasteiger partial charge in [0.25, 0.3) is 5.56 Å². The molecule has 9 heteroatoms. The van der Waals surface area contributed by atoms with Crippen LogP contribution in [0.2, 0.25) is 0 Å². The number of para-hydroxylation sites is 1. The molecule has 1 aliphatic heterocycles. The van der Waals surface area contributed by atoms with E-state index in [1.807, 2.05) is 38.1 Å². The molecule has 36 heavy (non-hydrogen) atoms. The van der Waals surface area contributed by atoms with E-state index < -0.39 is 12.0 Å². The fraction of sp³-hybridized carbons (Fsp3) is 0.296. The van der Waals surface area contributed by atoms with E-state index in [9.17, 15) is 14.7 Å². The number of fused-ring (bicyclic) bond motifs is 1. The lowest BCUT2D eigenvalue weighted by atomic mass is 9.95. The van der Waals surface area contributed by atoms with E-state index in [-0.39, 0.29) is 29.6 Å². The molecule has 0 fully saturated rings. The van der Waals surface area contributed by atoms with Crippen LogP contribution >= 0.6 is 11.3 Å². The highest BCUT2D eigenvalue weighted by atomic mass is 32.1. The first kappa shape index (κ1) is 25.2. The van der Waals surface area contributed by atoms with Crippen molar-refractivity contribution in [2.24, 2.45) is 4.99 Å². The molecule has 1 aliphatic rings. The molecular formula is C27H28N2O6S. The summed E-state index contributed by atoms with van der Waals surface area (Å²) in [5.41, 5.74) is 1.75. The number of phenolic OH excluding ortho intramolecular Hbond substituents is 1. The number of aromatic hydroxyl groups is 1. The Morgan fingerprint density at radius 1 is 1.22 bits per heavy atom. The summed E-state index contributed by atoms with van der Waals surface area (Å²) >= 11 is 1.21. The molecule has 0 spiro atoms. The molecule has 0 saturated carbocycles. The first-order valence-corrected chi connectivity index (χ1v) is 12.4. The van der Waals surface area contributed by atoms with Crippen molar-refractivity contribution in [2.45, 2.75) is 39.8 Å². The highest BCUT2D eigenvalue weighted by Gasteiger charge is 2.35. The van der Waals surface area contributed by atoms with Crippen molar-refractivity contribution in [2.75, 3.05) is 13.7 Å². The lowest BCUT2D eigenvalue weighted by Gasteiger charge is -2.26. The number of allylic oxidation sites excluding steroid dienone is 1. The molecule has 3 aromatic rings. The maximum Gasteiger partial charge on any atom is 0.338 e.